The molecule has 2 atom stereocenters. The number of carbonyl (C=O) groups excluding carboxylic acids is 1. The summed E-state index contributed by atoms with van der Waals surface area (Å²) in [6, 6.07) is 15.5. The van der Waals surface area contributed by atoms with Gasteiger partial charge in [-0.05, 0) is 62.2 Å². The zero-order valence-corrected chi connectivity index (χ0v) is 17.0. The van der Waals surface area contributed by atoms with E-state index in [4.69, 9.17) is 0 Å². The van der Waals surface area contributed by atoms with E-state index in [2.05, 4.69) is 10.0 Å². The first-order valence-electron chi connectivity index (χ1n) is 9.26. The molecule has 4 rings (SSSR count). The molecule has 0 spiro atoms. The Hall–Kier alpha value is -2.09. The van der Waals surface area contributed by atoms with E-state index in [-0.39, 0.29) is 35.3 Å². The second-order valence-corrected chi connectivity index (χ2v) is 8.77. The van der Waals surface area contributed by atoms with Crippen LogP contribution in [-0.2, 0) is 10.0 Å². The van der Waals surface area contributed by atoms with Crippen molar-refractivity contribution in [2.24, 2.45) is 0 Å². The predicted molar refractivity (Wildman–Crippen MR) is 111 cm³/mol. The minimum absolute atomic E-state index is 0. The number of nitrogens with one attached hydrogen (secondary N) is 2. The third kappa shape index (κ3) is 4.16. The number of hydrogen-bond acceptors (Lipinski definition) is 4. The van der Waals surface area contributed by atoms with Gasteiger partial charge in [0.05, 0.1) is 4.90 Å². The van der Waals surface area contributed by atoms with E-state index in [1.54, 1.807) is 36.4 Å². The Morgan fingerprint density at radius 2 is 1.64 bits per heavy atom. The van der Waals surface area contributed by atoms with Crippen molar-refractivity contribution in [1.29, 1.82) is 0 Å². The first-order chi connectivity index (χ1) is 13.0. The minimum Gasteiger partial charge on any atom is -0.331 e. The molecule has 150 valence electrons. The maximum Gasteiger partial charge on any atom is 0.261 e. The van der Waals surface area contributed by atoms with Crippen molar-refractivity contribution in [3.05, 3.63) is 60.2 Å². The van der Waals surface area contributed by atoms with Crippen LogP contribution in [-0.4, -0.2) is 44.4 Å². The summed E-state index contributed by atoms with van der Waals surface area (Å²) in [6.45, 7) is 1.77. The lowest BCUT2D eigenvalue weighted by molar-refractivity contribution is 0.0680. The molecule has 0 saturated carbocycles. The van der Waals surface area contributed by atoms with Crippen LogP contribution in [0.25, 0.3) is 0 Å². The Kier molecular flexibility index (Phi) is 6.27. The average Bonchev–Trinajstić information content (AvgIpc) is 2.94. The number of rotatable bonds is 4. The SMILES string of the molecule is Cl.O=C(c1ccc(S(=O)(=O)Nc2ccccc2)cc1)N1C2CCNCC1CC2. The number of halogens is 1. The van der Waals surface area contributed by atoms with Crippen LogP contribution in [0.15, 0.2) is 59.5 Å². The maximum absolute atomic E-state index is 13.0. The molecule has 2 aliphatic rings. The van der Waals surface area contributed by atoms with E-state index >= 15 is 0 Å². The molecule has 0 aromatic heterocycles. The van der Waals surface area contributed by atoms with Crippen molar-refractivity contribution in [3.8, 4) is 0 Å². The standard InChI is InChI=1S/C20H23N3O3S.ClH/c24-20(23-17-8-9-18(23)14-21-13-12-17)15-6-10-19(11-7-15)27(25,26)22-16-4-2-1-3-5-16;/h1-7,10-11,17-18,21-22H,8-9,12-14H2;1H. The molecule has 2 N–H and O–H groups in total. The number of sulfonamides is 1. The van der Waals surface area contributed by atoms with Gasteiger partial charge in [-0.1, -0.05) is 18.2 Å². The molecule has 2 aromatic carbocycles. The number of nitrogens with zero attached hydrogens (tertiary/aromatic N) is 1. The monoisotopic (exact) mass is 421 g/mol. The minimum atomic E-state index is -3.68. The number of amides is 1. The van der Waals surface area contributed by atoms with Gasteiger partial charge >= 0.3 is 0 Å². The van der Waals surface area contributed by atoms with Crippen LogP contribution >= 0.6 is 12.4 Å². The van der Waals surface area contributed by atoms with Crippen LogP contribution in [0.3, 0.4) is 0 Å². The average molecular weight is 422 g/mol. The fraction of sp³-hybridized carbons (Fsp3) is 0.350. The lowest BCUT2D eigenvalue weighted by Gasteiger charge is -2.28. The molecule has 28 heavy (non-hydrogen) atoms. The molecular weight excluding hydrogens is 398 g/mol. The number of fused-ring (bicyclic) bond motifs is 2. The Bertz CT molecular complexity index is 905. The highest BCUT2D eigenvalue weighted by Gasteiger charge is 2.38. The van der Waals surface area contributed by atoms with Crippen molar-refractivity contribution >= 4 is 34.0 Å². The zero-order valence-electron chi connectivity index (χ0n) is 15.4. The summed E-state index contributed by atoms with van der Waals surface area (Å²) in [5.74, 6) is -0.00818. The summed E-state index contributed by atoms with van der Waals surface area (Å²) in [5.41, 5.74) is 1.04. The third-order valence-electron chi connectivity index (χ3n) is 5.33. The largest absolute Gasteiger partial charge is 0.331 e. The number of anilines is 1. The van der Waals surface area contributed by atoms with Gasteiger partial charge in [0.2, 0.25) is 0 Å². The van der Waals surface area contributed by atoms with E-state index in [9.17, 15) is 13.2 Å². The van der Waals surface area contributed by atoms with Gasteiger partial charge in [0, 0.05) is 29.9 Å². The predicted octanol–water partition coefficient (Wildman–Crippen LogP) is 2.88. The van der Waals surface area contributed by atoms with Crippen molar-refractivity contribution < 1.29 is 13.2 Å². The number of hydrogen-bond donors (Lipinski definition) is 2. The van der Waals surface area contributed by atoms with Crippen molar-refractivity contribution in [2.45, 2.75) is 36.2 Å². The Balaban J connectivity index is 0.00000225. The van der Waals surface area contributed by atoms with Gasteiger partial charge in [0.25, 0.3) is 15.9 Å². The van der Waals surface area contributed by atoms with E-state index < -0.39 is 10.0 Å². The summed E-state index contributed by atoms with van der Waals surface area (Å²) in [4.78, 5) is 15.1. The Labute approximate surface area is 171 Å². The summed E-state index contributed by atoms with van der Waals surface area (Å²) in [6.07, 6.45) is 3.04. The number of carbonyl (C=O) groups is 1. The highest BCUT2D eigenvalue weighted by molar-refractivity contribution is 7.92. The summed E-state index contributed by atoms with van der Waals surface area (Å²) in [7, 11) is -3.68. The fourth-order valence-electron chi connectivity index (χ4n) is 3.96. The normalized spacial score (nSPS) is 21.5. The second-order valence-electron chi connectivity index (χ2n) is 7.09. The van der Waals surface area contributed by atoms with Crippen LogP contribution in [0.2, 0.25) is 0 Å². The lowest BCUT2D eigenvalue weighted by atomic mass is 10.1. The maximum atomic E-state index is 13.0. The second kappa shape index (κ2) is 8.51. The van der Waals surface area contributed by atoms with E-state index in [0.29, 0.717) is 11.3 Å². The molecule has 2 bridgehead atoms. The van der Waals surface area contributed by atoms with Crippen LogP contribution in [0.4, 0.5) is 5.69 Å². The molecule has 0 radical (unpaired) electrons. The molecule has 2 aliphatic heterocycles. The van der Waals surface area contributed by atoms with E-state index in [1.807, 2.05) is 11.0 Å². The Morgan fingerprint density at radius 1 is 0.964 bits per heavy atom. The molecular formula is C20H24ClN3O3S. The van der Waals surface area contributed by atoms with Gasteiger partial charge in [-0.15, -0.1) is 12.4 Å². The van der Waals surface area contributed by atoms with Gasteiger partial charge in [0.1, 0.15) is 0 Å². The molecule has 2 heterocycles. The molecule has 1 amide bonds. The third-order valence-corrected chi connectivity index (χ3v) is 6.72. The molecule has 6 nitrogen and oxygen atoms in total. The highest BCUT2D eigenvalue weighted by atomic mass is 35.5. The van der Waals surface area contributed by atoms with Gasteiger partial charge in [-0.3, -0.25) is 9.52 Å². The van der Waals surface area contributed by atoms with Crippen LogP contribution in [0, 0.1) is 0 Å². The van der Waals surface area contributed by atoms with Crippen molar-refractivity contribution in [2.75, 3.05) is 17.8 Å². The molecule has 8 heteroatoms. The quantitative estimate of drug-likeness (QED) is 0.795. The highest BCUT2D eigenvalue weighted by Crippen LogP contribution is 2.29. The van der Waals surface area contributed by atoms with Gasteiger partial charge in [0.15, 0.2) is 0 Å². The van der Waals surface area contributed by atoms with Crippen LogP contribution < -0.4 is 10.0 Å². The Morgan fingerprint density at radius 3 is 2.36 bits per heavy atom. The molecule has 2 fully saturated rings. The summed E-state index contributed by atoms with van der Waals surface area (Å²) >= 11 is 0. The fourth-order valence-corrected chi connectivity index (χ4v) is 5.02. The van der Waals surface area contributed by atoms with Gasteiger partial charge < -0.3 is 10.2 Å². The summed E-state index contributed by atoms with van der Waals surface area (Å²) in [5, 5.41) is 3.39. The number of para-hydroxylation sites is 1. The van der Waals surface area contributed by atoms with Gasteiger partial charge in [-0.25, -0.2) is 8.42 Å². The number of benzene rings is 2. The molecule has 2 saturated heterocycles. The van der Waals surface area contributed by atoms with E-state index in [1.165, 1.54) is 12.1 Å². The van der Waals surface area contributed by atoms with Crippen LogP contribution in [0.1, 0.15) is 29.6 Å². The van der Waals surface area contributed by atoms with Crippen molar-refractivity contribution in [3.63, 3.8) is 0 Å². The smallest absolute Gasteiger partial charge is 0.261 e. The van der Waals surface area contributed by atoms with E-state index in [0.717, 1.165) is 32.4 Å². The first kappa shape index (κ1) is 20.6. The summed E-state index contributed by atoms with van der Waals surface area (Å²) < 4.78 is 27.6. The van der Waals surface area contributed by atoms with Crippen molar-refractivity contribution in [1.82, 2.24) is 10.2 Å². The topological polar surface area (TPSA) is 78.5 Å². The van der Waals surface area contributed by atoms with Crippen LogP contribution in [0.5, 0.6) is 0 Å². The molecule has 2 aromatic rings. The first-order valence-corrected chi connectivity index (χ1v) is 10.7. The molecule has 2 unspecified atom stereocenters. The van der Waals surface area contributed by atoms with Gasteiger partial charge in [-0.2, -0.15) is 0 Å². The lowest BCUT2D eigenvalue weighted by Crippen LogP contribution is -2.42. The zero-order chi connectivity index (χ0) is 18.9. The molecule has 0 aliphatic carbocycles.